The minimum atomic E-state index is -1.07. The molecule has 1 fully saturated rings. The summed E-state index contributed by atoms with van der Waals surface area (Å²) in [4.78, 5) is 24.8. The van der Waals surface area contributed by atoms with Gasteiger partial charge in [0.2, 0.25) is 0 Å². The number of carbonyl (C=O) groups is 2. The molecule has 0 heterocycles. The molecule has 3 rings (SSSR count). The Labute approximate surface area is 160 Å². The molecule has 1 amide bonds. The molecule has 2 aromatic rings. The number of esters is 1. The number of benzene rings is 2. The van der Waals surface area contributed by atoms with Gasteiger partial charge in [-0.25, -0.2) is 9.59 Å². The van der Waals surface area contributed by atoms with E-state index in [-0.39, 0.29) is 12.5 Å². The molecule has 0 unspecified atom stereocenters. The SMILES string of the molecule is [B]c1ccc([C@@H]2CC[C@](NC(=O)OCc3ccccc3)(C(=O)OC)C2)cc1. The van der Waals surface area contributed by atoms with Crippen LogP contribution < -0.4 is 10.8 Å². The van der Waals surface area contributed by atoms with Crippen LogP contribution in [0.4, 0.5) is 4.79 Å². The van der Waals surface area contributed by atoms with Gasteiger partial charge in [0.15, 0.2) is 0 Å². The van der Waals surface area contributed by atoms with E-state index >= 15 is 0 Å². The molecule has 0 saturated heterocycles. The molecule has 1 saturated carbocycles. The third-order valence-corrected chi connectivity index (χ3v) is 5.05. The second kappa shape index (κ2) is 8.29. The molecule has 138 valence electrons. The van der Waals surface area contributed by atoms with Crippen molar-refractivity contribution in [3.8, 4) is 0 Å². The van der Waals surface area contributed by atoms with Crippen molar-refractivity contribution in [2.45, 2.75) is 37.3 Å². The van der Waals surface area contributed by atoms with Crippen LogP contribution in [0.15, 0.2) is 54.6 Å². The molecule has 0 aromatic heterocycles. The molecule has 27 heavy (non-hydrogen) atoms. The van der Waals surface area contributed by atoms with Gasteiger partial charge >= 0.3 is 12.1 Å². The number of ether oxygens (including phenoxy) is 2. The predicted octanol–water partition coefficient (Wildman–Crippen LogP) is 2.59. The average Bonchev–Trinajstić information content (AvgIpc) is 3.12. The molecule has 2 aromatic carbocycles. The van der Waals surface area contributed by atoms with Crippen LogP contribution in [-0.2, 0) is 20.9 Å². The molecular weight excluding hydrogens is 341 g/mol. The summed E-state index contributed by atoms with van der Waals surface area (Å²) in [6.45, 7) is 0.144. The van der Waals surface area contributed by atoms with Crippen molar-refractivity contribution in [1.82, 2.24) is 5.32 Å². The van der Waals surface area contributed by atoms with Crippen LogP contribution in [0.2, 0.25) is 0 Å². The molecule has 2 radical (unpaired) electrons. The Balaban J connectivity index is 1.67. The van der Waals surface area contributed by atoms with Crippen molar-refractivity contribution < 1.29 is 19.1 Å². The largest absolute Gasteiger partial charge is 0.467 e. The van der Waals surface area contributed by atoms with Gasteiger partial charge in [0.25, 0.3) is 0 Å². The van der Waals surface area contributed by atoms with Gasteiger partial charge in [-0.1, -0.05) is 60.1 Å². The van der Waals surface area contributed by atoms with Crippen LogP contribution >= 0.6 is 0 Å². The fourth-order valence-corrected chi connectivity index (χ4v) is 3.60. The maximum Gasteiger partial charge on any atom is 0.408 e. The summed E-state index contributed by atoms with van der Waals surface area (Å²) in [5.41, 5.74) is 1.59. The lowest BCUT2D eigenvalue weighted by atomic mass is 9.89. The van der Waals surface area contributed by atoms with E-state index in [1.165, 1.54) is 7.11 Å². The van der Waals surface area contributed by atoms with Gasteiger partial charge in [0, 0.05) is 0 Å². The van der Waals surface area contributed by atoms with Crippen molar-refractivity contribution in [3.05, 3.63) is 65.7 Å². The van der Waals surface area contributed by atoms with E-state index in [0.717, 1.165) is 17.5 Å². The lowest BCUT2D eigenvalue weighted by Crippen LogP contribution is -2.53. The highest BCUT2D eigenvalue weighted by atomic mass is 16.6. The highest BCUT2D eigenvalue weighted by molar-refractivity contribution is 6.32. The minimum absolute atomic E-state index is 0.138. The molecule has 1 N–H and O–H groups in total. The third kappa shape index (κ3) is 4.51. The molecule has 6 heteroatoms. The standard InChI is InChI=1S/C21H22BNO4/c1-26-19(24)21(23-20(25)27-14-15-5-3-2-4-6-15)12-11-17(13-21)16-7-9-18(22)10-8-16/h2-10,17H,11-14H2,1H3,(H,23,25)/t17-,21-/m1/s1. The Morgan fingerprint density at radius 1 is 1.15 bits per heavy atom. The summed E-state index contributed by atoms with van der Waals surface area (Å²) >= 11 is 0. The van der Waals surface area contributed by atoms with E-state index < -0.39 is 17.6 Å². The van der Waals surface area contributed by atoms with Crippen molar-refractivity contribution in [3.63, 3.8) is 0 Å². The second-order valence-corrected chi connectivity index (χ2v) is 6.87. The smallest absolute Gasteiger partial charge is 0.408 e. The normalized spacial score (nSPS) is 21.4. The molecule has 0 aliphatic heterocycles. The Morgan fingerprint density at radius 3 is 2.52 bits per heavy atom. The van der Waals surface area contributed by atoms with Crippen LogP contribution in [-0.4, -0.2) is 32.6 Å². The Kier molecular flexibility index (Phi) is 5.84. The van der Waals surface area contributed by atoms with Crippen molar-refractivity contribution in [2.75, 3.05) is 7.11 Å². The van der Waals surface area contributed by atoms with E-state index in [4.69, 9.17) is 17.3 Å². The van der Waals surface area contributed by atoms with Crippen LogP contribution in [0.1, 0.15) is 36.3 Å². The zero-order chi connectivity index (χ0) is 19.3. The van der Waals surface area contributed by atoms with Crippen LogP contribution in [0.3, 0.4) is 0 Å². The maximum absolute atomic E-state index is 12.5. The number of amides is 1. The van der Waals surface area contributed by atoms with E-state index in [2.05, 4.69) is 5.32 Å². The Hall–Kier alpha value is -2.76. The van der Waals surface area contributed by atoms with E-state index in [1.54, 1.807) is 0 Å². The molecule has 1 aliphatic carbocycles. The first-order valence-electron chi connectivity index (χ1n) is 8.95. The number of carbonyl (C=O) groups excluding carboxylic acids is 2. The molecule has 1 aliphatic rings. The second-order valence-electron chi connectivity index (χ2n) is 6.87. The first-order chi connectivity index (χ1) is 13.0. The van der Waals surface area contributed by atoms with Gasteiger partial charge in [0.05, 0.1) is 7.11 Å². The van der Waals surface area contributed by atoms with Crippen molar-refractivity contribution in [1.29, 1.82) is 0 Å². The van der Waals surface area contributed by atoms with Crippen molar-refractivity contribution in [2.24, 2.45) is 0 Å². The quantitative estimate of drug-likeness (QED) is 0.655. The van der Waals surface area contributed by atoms with Gasteiger partial charge in [-0.15, -0.1) is 0 Å². The lowest BCUT2D eigenvalue weighted by Gasteiger charge is -2.27. The predicted molar refractivity (Wildman–Crippen MR) is 103 cm³/mol. The highest BCUT2D eigenvalue weighted by Gasteiger charge is 2.48. The Morgan fingerprint density at radius 2 is 1.85 bits per heavy atom. The zero-order valence-corrected chi connectivity index (χ0v) is 15.3. The highest BCUT2D eigenvalue weighted by Crippen LogP contribution is 2.41. The summed E-state index contributed by atoms with van der Waals surface area (Å²) in [6, 6.07) is 17.0. The van der Waals surface area contributed by atoms with E-state index in [0.29, 0.717) is 18.3 Å². The molecule has 5 nitrogen and oxygen atoms in total. The lowest BCUT2D eigenvalue weighted by molar-refractivity contribution is -0.148. The van der Waals surface area contributed by atoms with Crippen LogP contribution in [0, 0.1) is 0 Å². The van der Waals surface area contributed by atoms with E-state index in [1.807, 2.05) is 54.6 Å². The first-order valence-corrected chi connectivity index (χ1v) is 8.95. The monoisotopic (exact) mass is 363 g/mol. The topological polar surface area (TPSA) is 64.6 Å². The fourth-order valence-electron chi connectivity index (χ4n) is 3.60. The third-order valence-electron chi connectivity index (χ3n) is 5.05. The number of nitrogens with one attached hydrogen (secondary N) is 1. The number of hydrogen-bond acceptors (Lipinski definition) is 4. The molecule has 2 atom stereocenters. The summed E-state index contributed by atoms with van der Waals surface area (Å²) in [5.74, 6) is -0.309. The average molecular weight is 363 g/mol. The Bertz CT molecular complexity index is 794. The van der Waals surface area contributed by atoms with Crippen molar-refractivity contribution >= 4 is 25.4 Å². The maximum atomic E-state index is 12.5. The van der Waals surface area contributed by atoms with Crippen LogP contribution in [0.5, 0.6) is 0 Å². The zero-order valence-electron chi connectivity index (χ0n) is 15.3. The van der Waals surface area contributed by atoms with Gasteiger partial charge in [0.1, 0.15) is 20.0 Å². The number of hydrogen-bond donors (Lipinski definition) is 1. The number of rotatable bonds is 5. The summed E-state index contributed by atoms with van der Waals surface area (Å²) in [5, 5.41) is 2.76. The van der Waals surface area contributed by atoms with Gasteiger partial charge in [-0.2, -0.15) is 0 Å². The van der Waals surface area contributed by atoms with Gasteiger partial charge < -0.3 is 14.8 Å². The summed E-state index contributed by atoms with van der Waals surface area (Å²) < 4.78 is 10.3. The minimum Gasteiger partial charge on any atom is -0.467 e. The van der Waals surface area contributed by atoms with Gasteiger partial charge in [-0.3, -0.25) is 0 Å². The molecule has 0 bridgehead atoms. The summed E-state index contributed by atoms with van der Waals surface area (Å²) in [6.07, 6.45) is 1.10. The number of methoxy groups -OCH3 is 1. The molecule has 0 spiro atoms. The summed E-state index contributed by atoms with van der Waals surface area (Å²) in [7, 11) is 7.08. The van der Waals surface area contributed by atoms with Gasteiger partial charge in [-0.05, 0) is 36.3 Å². The fraction of sp³-hybridized carbons (Fsp3) is 0.333. The van der Waals surface area contributed by atoms with Crippen LogP contribution in [0.25, 0.3) is 0 Å². The van der Waals surface area contributed by atoms with E-state index in [9.17, 15) is 9.59 Å². The first kappa shape index (κ1) is 19.0. The number of alkyl carbamates (subject to hydrolysis) is 1. The molecular formula is C21H22BNO4.